The molecule has 0 aliphatic carbocycles. The van der Waals surface area contributed by atoms with Gasteiger partial charge in [0.1, 0.15) is 18.0 Å². The number of hydrogen-bond acceptors (Lipinski definition) is 6. The average Bonchev–Trinajstić information content (AvgIpc) is 3.09. The number of fused-ring (bicyclic) bond motifs is 1. The number of rotatable bonds is 5. The minimum absolute atomic E-state index is 0.0938. The molecule has 2 aromatic rings. The molecule has 0 fully saturated rings. The number of carbonyl (C=O) groups excluding carboxylic acids is 1. The summed E-state index contributed by atoms with van der Waals surface area (Å²) in [6, 6.07) is 7.51. The largest absolute Gasteiger partial charge is 0.387 e. The second-order valence-corrected chi connectivity index (χ2v) is 5.64. The summed E-state index contributed by atoms with van der Waals surface area (Å²) in [7, 11) is 0. The molecule has 0 unspecified atom stereocenters. The second-order valence-electron chi connectivity index (χ2n) is 5.64. The van der Waals surface area contributed by atoms with Crippen LogP contribution < -0.4 is 4.90 Å². The molecule has 1 aromatic carbocycles. The van der Waals surface area contributed by atoms with Gasteiger partial charge in [-0.1, -0.05) is 23.3 Å². The first-order valence-corrected chi connectivity index (χ1v) is 7.75. The van der Waals surface area contributed by atoms with Crippen molar-refractivity contribution in [1.82, 2.24) is 4.98 Å². The van der Waals surface area contributed by atoms with Gasteiger partial charge in [0.2, 0.25) is 5.91 Å². The van der Waals surface area contributed by atoms with Crippen LogP contribution in [0.15, 0.2) is 47.7 Å². The van der Waals surface area contributed by atoms with Crippen molar-refractivity contribution in [3.8, 4) is 0 Å². The molecule has 10 nitrogen and oxygen atoms in total. The molecule has 0 saturated carbocycles. The summed E-state index contributed by atoms with van der Waals surface area (Å²) in [5.41, 5.74) is 9.24. The average molecular weight is 354 g/mol. The van der Waals surface area contributed by atoms with Crippen LogP contribution in [-0.2, 0) is 11.2 Å². The minimum Gasteiger partial charge on any atom is -0.387 e. The molecule has 1 aliphatic heterocycles. The van der Waals surface area contributed by atoms with Crippen LogP contribution in [0, 0.1) is 10.1 Å². The van der Waals surface area contributed by atoms with Gasteiger partial charge in [-0.3, -0.25) is 19.8 Å². The first-order valence-electron chi connectivity index (χ1n) is 7.75. The summed E-state index contributed by atoms with van der Waals surface area (Å²) in [5.74, 6) is -0.226. The Bertz CT molecular complexity index is 911. The summed E-state index contributed by atoms with van der Waals surface area (Å²) >= 11 is 0. The number of azide groups is 1. The Kier molecular flexibility index (Phi) is 4.78. The smallest absolute Gasteiger partial charge is 0.275 e. The molecule has 0 spiro atoms. The zero-order valence-corrected chi connectivity index (χ0v) is 13.5. The topological polar surface area (TPSA) is 145 Å². The third-order valence-electron chi connectivity index (χ3n) is 4.17. The van der Waals surface area contributed by atoms with Crippen molar-refractivity contribution in [2.45, 2.75) is 18.6 Å². The third kappa shape index (κ3) is 3.06. The number of aliphatic hydroxyl groups is 1. The van der Waals surface area contributed by atoms with Gasteiger partial charge in [-0.25, -0.2) is 4.98 Å². The lowest BCUT2D eigenvalue weighted by atomic mass is 10.00. The standard InChI is InChI=1S/C16H14N6O4/c17-20-19-13(14(23)11-5-1-2-6-12(11)22(25)26)16(24)21-9-7-10-4-3-8-18-15(10)21/h1-6,8,13-14,23H,7,9H2/t13-,14+/m1/s1. The fraction of sp³-hybridized carbons (Fsp3) is 0.250. The number of pyridine rings is 1. The van der Waals surface area contributed by atoms with Gasteiger partial charge >= 0.3 is 0 Å². The molecule has 10 heteroatoms. The number of amides is 1. The van der Waals surface area contributed by atoms with E-state index in [-0.39, 0.29) is 11.3 Å². The number of benzene rings is 1. The zero-order valence-electron chi connectivity index (χ0n) is 13.5. The number of anilines is 1. The summed E-state index contributed by atoms with van der Waals surface area (Å²) < 4.78 is 0. The number of carbonyl (C=O) groups is 1. The van der Waals surface area contributed by atoms with E-state index < -0.39 is 23.0 Å². The maximum Gasteiger partial charge on any atom is 0.275 e. The third-order valence-corrected chi connectivity index (χ3v) is 4.17. The first-order chi connectivity index (χ1) is 12.5. The number of aliphatic hydroxyl groups excluding tert-OH is 1. The van der Waals surface area contributed by atoms with Gasteiger partial charge in [-0.2, -0.15) is 0 Å². The quantitative estimate of drug-likeness (QED) is 0.288. The van der Waals surface area contributed by atoms with Gasteiger partial charge in [0, 0.05) is 23.7 Å². The van der Waals surface area contributed by atoms with Crippen LogP contribution in [0.2, 0.25) is 0 Å². The summed E-state index contributed by atoms with van der Waals surface area (Å²) in [6.07, 6.45) is 0.457. The van der Waals surface area contributed by atoms with Crippen LogP contribution >= 0.6 is 0 Å². The van der Waals surface area contributed by atoms with Crippen molar-refractivity contribution in [2.24, 2.45) is 5.11 Å². The van der Waals surface area contributed by atoms with E-state index >= 15 is 0 Å². The molecule has 3 rings (SSSR count). The molecule has 26 heavy (non-hydrogen) atoms. The van der Waals surface area contributed by atoms with Gasteiger partial charge < -0.3 is 5.11 Å². The van der Waals surface area contributed by atoms with Crippen LogP contribution in [0.1, 0.15) is 17.2 Å². The molecule has 1 N–H and O–H groups in total. The fourth-order valence-electron chi connectivity index (χ4n) is 2.96. The Labute approximate surface area is 147 Å². The SMILES string of the molecule is [N-]=[N+]=N[C@@H](C(=O)N1CCc2cccnc21)[C@@H](O)c1ccccc1[N+](=O)[O-]. The highest BCUT2D eigenvalue weighted by molar-refractivity contribution is 5.98. The van der Waals surface area contributed by atoms with Crippen LogP contribution in [0.3, 0.4) is 0 Å². The fourth-order valence-corrected chi connectivity index (χ4v) is 2.96. The number of hydrogen-bond donors (Lipinski definition) is 1. The van der Waals surface area contributed by atoms with Crippen LogP contribution in [0.25, 0.3) is 10.4 Å². The Balaban J connectivity index is 1.97. The Morgan fingerprint density at radius 1 is 1.38 bits per heavy atom. The van der Waals surface area contributed by atoms with Crippen molar-refractivity contribution >= 4 is 17.4 Å². The summed E-state index contributed by atoms with van der Waals surface area (Å²) in [6.45, 7) is 0.326. The maximum atomic E-state index is 12.9. The predicted octanol–water partition coefficient (Wildman–Crippen LogP) is 2.29. The maximum absolute atomic E-state index is 12.9. The molecule has 2 heterocycles. The van der Waals surface area contributed by atoms with E-state index in [1.165, 1.54) is 35.4 Å². The molecule has 1 aliphatic rings. The molecular formula is C16H14N6O4. The number of nitro groups is 1. The number of nitro benzene ring substituents is 1. The van der Waals surface area contributed by atoms with Gasteiger partial charge in [0.15, 0.2) is 0 Å². The lowest BCUT2D eigenvalue weighted by molar-refractivity contribution is -0.386. The Morgan fingerprint density at radius 3 is 2.88 bits per heavy atom. The van der Waals surface area contributed by atoms with Gasteiger partial charge in [-0.05, 0) is 29.6 Å². The lowest BCUT2D eigenvalue weighted by Crippen LogP contribution is -2.40. The van der Waals surface area contributed by atoms with Crippen LogP contribution in [0.4, 0.5) is 11.5 Å². The lowest BCUT2D eigenvalue weighted by Gasteiger charge is -2.23. The number of nitrogens with zero attached hydrogens (tertiary/aromatic N) is 6. The Morgan fingerprint density at radius 2 is 2.15 bits per heavy atom. The van der Waals surface area contributed by atoms with Crippen molar-refractivity contribution < 1.29 is 14.8 Å². The second kappa shape index (κ2) is 7.18. The van der Waals surface area contributed by atoms with E-state index in [0.29, 0.717) is 18.8 Å². The van der Waals surface area contributed by atoms with Crippen molar-refractivity contribution in [3.63, 3.8) is 0 Å². The van der Waals surface area contributed by atoms with E-state index in [4.69, 9.17) is 5.53 Å². The van der Waals surface area contributed by atoms with E-state index in [0.717, 1.165) is 5.56 Å². The Hall–Kier alpha value is -3.49. The molecule has 0 radical (unpaired) electrons. The van der Waals surface area contributed by atoms with Crippen molar-refractivity contribution in [1.29, 1.82) is 0 Å². The molecule has 1 aromatic heterocycles. The first kappa shape index (κ1) is 17.3. The van der Waals surface area contributed by atoms with Crippen molar-refractivity contribution in [3.05, 3.63) is 74.3 Å². The van der Waals surface area contributed by atoms with E-state index in [9.17, 15) is 20.0 Å². The molecule has 2 atom stereocenters. The zero-order chi connectivity index (χ0) is 18.7. The summed E-state index contributed by atoms with van der Waals surface area (Å²) in [4.78, 5) is 31.5. The normalized spacial score (nSPS) is 14.9. The van der Waals surface area contributed by atoms with Gasteiger partial charge in [-0.15, -0.1) is 0 Å². The van der Waals surface area contributed by atoms with Gasteiger partial charge in [0.05, 0.1) is 10.5 Å². The highest BCUT2D eigenvalue weighted by Gasteiger charge is 2.37. The number of para-hydroxylation sites is 1. The van der Waals surface area contributed by atoms with Crippen molar-refractivity contribution in [2.75, 3.05) is 11.4 Å². The highest BCUT2D eigenvalue weighted by atomic mass is 16.6. The molecule has 0 saturated heterocycles. The monoisotopic (exact) mass is 354 g/mol. The molecular weight excluding hydrogens is 340 g/mol. The van der Waals surface area contributed by atoms with E-state index in [2.05, 4.69) is 15.0 Å². The number of aromatic nitrogens is 1. The minimum atomic E-state index is -1.66. The van der Waals surface area contributed by atoms with Crippen LogP contribution in [-0.4, -0.2) is 33.5 Å². The highest BCUT2D eigenvalue weighted by Crippen LogP contribution is 2.32. The molecule has 132 valence electrons. The van der Waals surface area contributed by atoms with Crippen LogP contribution in [0.5, 0.6) is 0 Å². The molecule has 0 bridgehead atoms. The van der Waals surface area contributed by atoms with E-state index in [1.54, 1.807) is 6.07 Å². The van der Waals surface area contributed by atoms with E-state index in [1.807, 2.05) is 6.07 Å². The summed E-state index contributed by atoms with van der Waals surface area (Å²) in [5, 5.41) is 25.2. The van der Waals surface area contributed by atoms with Gasteiger partial charge in [0.25, 0.3) is 5.69 Å². The molecule has 1 amide bonds. The predicted molar refractivity (Wildman–Crippen MR) is 91.3 cm³/mol.